The van der Waals surface area contributed by atoms with E-state index in [-0.39, 0.29) is 0 Å². The van der Waals surface area contributed by atoms with Crippen molar-refractivity contribution in [3.05, 3.63) is 0 Å². The first kappa shape index (κ1) is 15.3. The predicted molar refractivity (Wildman–Crippen MR) is 76.9 cm³/mol. The average molecular weight is 260 g/mol. The Balaban J connectivity index is 1.91. The van der Waals surface area contributed by atoms with Crippen molar-refractivity contribution in [1.82, 2.24) is 10.6 Å². The molecule has 17 heavy (non-hydrogen) atoms. The molecule has 1 fully saturated rings. The van der Waals surface area contributed by atoms with Crippen LogP contribution < -0.4 is 10.6 Å². The maximum Gasteiger partial charge on any atom is 0.0620 e. The molecular weight excluding hydrogens is 232 g/mol. The van der Waals surface area contributed by atoms with Gasteiger partial charge in [-0.05, 0) is 44.7 Å². The van der Waals surface area contributed by atoms with E-state index in [9.17, 15) is 0 Å². The van der Waals surface area contributed by atoms with Gasteiger partial charge in [0.1, 0.15) is 0 Å². The molecule has 2 unspecified atom stereocenters. The number of unbranched alkanes of at least 4 members (excludes halogenated alkanes) is 2. The molecule has 1 aliphatic rings. The van der Waals surface area contributed by atoms with Crippen molar-refractivity contribution in [2.45, 2.75) is 44.7 Å². The van der Waals surface area contributed by atoms with E-state index in [1.54, 1.807) is 0 Å². The minimum atomic E-state index is 0.544. The lowest BCUT2D eigenvalue weighted by atomic mass is 10.1. The van der Waals surface area contributed by atoms with Gasteiger partial charge in [-0.2, -0.15) is 11.8 Å². The van der Waals surface area contributed by atoms with E-state index in [0.29, 0.717) is 12.1 Å². The Morgan fingerprint density at radius 2 is 2.29 bits per heavy atom. The quantitative estimate of drug-likeness (QED) is 0.620. The van der Waals surface area contributed by atoms with Crippen molar-refractivity contribution in [3.8, 4) is 0 Å². The first-order chi connectivity index (χ1) is 8.33. The number of ether oxygens (including phenoxy) is 1. The van der Waals surface area contributed by atoms with Gasteiger partial charge in [0.15, 0.2) is 0 Å². The fourth-order valence-electron chi connectivity index (χ4n) is 2.18. The summed E-state index contributed by atoms with van der Waals surface area (Å²) in [7, 11) is 0. The summed E-state index contributed by atoms with van der Waals surface area (Å²) in [6.07, 6.45) is 7.37. The van der Waals surface area contributed by atoms with E-state index < -0.39 is 0 Å². The third kappa shape index (κ3) is 8.03. The van der Waals surface area contributed by atoms with E-state index in [2.05, 4.69) is 23.8 Å². The molecule has 0 aromatic heterocycles. The van der Waals surface area contributed by atoms with Gasteiger partial charge in [0.25, 0.3) is 0 Å². The standard InChI is InChI=1S/C13H28N2OS/c1-12(10-13-11-16-8-7-15-13)14-6-4-3-5-9-17-2/h12-15H,3-11H2,1-2H3. The highest BCUT2D eigenvalue weighted by Crippen LogP contribution is 2.04. The molecule has 0 bridgehead atoms. The number of rotatable bonds is 9. The van der Waals surface area contributed by atoms with Gasteiger partial charge in [0.05, 0.1) is 13.2 Å². The van der Waals surface area contributed by atoms with Crippen LogP contribution in [0.1, 0.15) is 32.6 Å². The normalized spacial score (nSPS) is 22.6. The third-order valence-electron chi connectivity index (χ3n) is 3.15. The zero-order valence-electron chi connectivity index (χ0n) is 11.3. The van der Waals surface area contributed by atoms with Crippen LogP contribution in [0.4, 0.5) is 0 Å². The van der Waals surface area contributed by atoms with E-state index >= 15 is 0 Å². The number of nitrogens with one attached hydrogen (secondary N) is 2. The van der Waals surface area contributed by atoms with Crippen molar-refractivity contribution in [2.24, 2.45) is 0 Å². The molecule has 1 saturated heterocycles. The molecule has 1 rings (SSSR count). The highest BCUT2D eigenvalue weighted by Gasteiger charge is 2.15. The molecule has 4 heteroatoms. The summed E-state index contributed by atoms with van der Waals surface area (Å²) in [5, 5.41) is 7.11. The zero-order valence-corrected chi connectivity index (χ0v) is 12.2. The molecule has 0 radical (unpaired) electrons. The van der Waals surface area contributed by atoms with Crippen molar-refractivity contribution in [3.63, 3.8) is 0 Å². The molecule has 1 aliphatic heterocycles. The smallest absolute Gasteiger partial charge is 0.0620 e. The Bertz CT molecular complexity index is 175. The third-order valence-corrected chi connectivity index (χ3v) is 3.85. The van der Waals surface area contributed by atoms with Gasteiger partial charge in [0.2, 0.25) is 0 Å². The van der Waals surface area contributed by atoms with Crippen LogP contribution in [0.25, 0.3) is 0 Å². The minimum absolute atomic E-state index is 0.544. The van der Waals surface area contributed by atoms with E-state index in [1.165, 1.54) is 31.4 Å². The highest BCUT2D eigenvalue weighted by atomic mass is 32.2. The minimum Gasteiger partial charge on any atom is -0.379 e. The van der Waals surface area contributed by atoms with Gasteiger partial charge < -0.3 is 15.4 Å². The Kier molecular flexibility index (Phi) is 9.16. The maximum atomic E-state index is 5.46. The van der Waals surface area contributed by atoms with Crippen molar-refractivity contribution < 1.29 is 4.74 Å². The molecule has 0 aliphatic carbocycles. The van der Waals surface area contributed by atoms with Crippen LogP contribution in [0, 0.1) is 0 Å². The van der Waals surface area contributed by atoms with Crippen LogP contribution in [0.2, 0.25) is 0 Å². The summed E-state index contributed by atoms with van der Waals surface area (Å²) < 4.78 is 5.46. The molecular formula is C13H28N2OS. The molecule has 102 valence electrons. The molecule has 0 spiro atoms. The van der Waals surface area contributed by atoms with Gasteiger partial charge in [0, 0.05) is 18.6 Å². The van der Waals surface area contributed by atoms with Crippen LogP contribution >= 0.6 is 11.8 Å². The van der Waals surface area contributed by atoms with Crippen LogP contribution in [0.15, 0.2) is 0 Å². The summed E-state index contributed by atoms with van der Waals surface area (Å²) in [5.41, 5.74) is 0. The monoisotopic (exact) mass is 260 g/mol. The second-order valence-electron chi connectivity index (χ2n) is 4.87. The summed E-state index contributed by atoms with van der Waals surface area (Å²) in [6, 6.07) is 1.14. The largest absolute Gasteiger partial charge is 0.379 e. The topological polar surface area (TPSA) is 33.3 Å². The maximum absolute atomic E-state index is 5.46. The Hall–Kier alpha value is 0.230. The fourth-order valence-corrected chi connectivity index (χ4v) is 2.67. The van der Waals surface area contributed by atoms with Crippen LogP contribution in [-0.2, 0) is 4.74 Å². The molecule has 0 aromatic rings. The summed E-state index contributed by atoms with van der Waals surface area (Å²) in [4.78, 5) is 0. The number of morpholine rings is 1. The lowest BCUT2D eigenvalue weighted by Crippen LogP contribution is -2.45. The van der Waals surface area contributed by atoms with Crippen LogP contribution in [0.3, 0.4) is 0 Å². The van der Waals surface area contributed by atoms with Crippen LogP contribution in [0.5, 0.6) is 0 Å². The Morgan fingerprint density at radius 3 is 3.00 bits per heavy atom. The van der Waals surface area contributed by atoms with Gasteiger partial charge in [-0.15, -0.1) is 0 Å². The first-order valence-corrected chi connectivity index (χ1v) is 8.25. The van der Waals surface area contributed by atoms with Gasteiger partial charge >= 0.3 is 0 Å². The molecule has 0 saturated carbocycles. The summed E-state index contributed by atoms with van der Waals surface area (Å²) in [6.45, 7) is 6.18. The summed E-state index contributed by atoms with van der Waals surface area (Å²) >= 11 is 1.95. The molecule has 2 N–H and O–H groups in total. The van der Waals surface area contributed by atoms with Crippen LogP contribution in [-0.4, -0.2) is 50.4 Å². The predicted octanol–water partition coefficient (Wildman–Crippen LogP) is 1.88. The lowest BCUT2D eigenvalue weighted by Gasteiger charge is -2.26. The summed E-state index contributed by atoms with van der Waals surface area (Å²) in [5.74, 6) is 1.30. The highest BCUT2D eigenvalue weighted by molar-refractivity contribution is 7.98. The molecule has 1 heterocycles. The van der Waals surface area contributed by atoms with E-state index in [1.807, 2.05) is 11.8 Å². The van der Waals surface area contributed by atoms with Crippen molar-refractivity contribution >= 4 is 11.8 Å². The average Bonchev–Trinajstić information content (AvgIpc) is 2.35. The van der Waals surface area contributed by atoms with Crippen molar-refractivity contribution in [1.29, 1.82) is 0 Å². The molecule has 0 amide bonds. The Morgan fingerprint density at radius 1 is 1.41 bits per heavy atom. The van der Waals surface area contributed by atoms with Crippen molar-refractivity contribution in [2.75, 3.05) is 38.3 Å². The second kappa shape index (κ2) is 10.2. The zero-order chi connectivity index (χ0) is 12.3. The lowest BCUT2D eigenvalue weighted by molar-refractivity contribution is 0.0712. The second-order valence-corrected chi connectivity index (χ2v) is 5.86. The number of thioether (sulfide) groups is 1. The fraction of sp³-hybridized carbons (Fsp3) is 1.00. The number of hydrogen-bond donors (Lipinski definition) is 2. The molecule has 3 nitrogen and oxygen atoms in total. The van der Waals surface area contributed by atoms with Gasteiger partial charge in [-0.3, -0.25) is 0 Å². The molecule has 0 aromatic carbocycles. The SMILES string of the molecule is CSCCCCCNC(C)CC1COCCN1. The van der Waals surface area contributed by atoms with E-state index in [0.717, 1.165) is 26.3 Å². The van der Waals surface area contributed by atoms with Gasteiger partial charge in [-0.1, -0.05) is 6.42 Å². The number of hydrogen-bond acceptors (Lipinski definition) is 4. The Labute approximate surface area is 110 Å². The van der Waals surface area contributed by atoms with E-state index in [4.69, 9.17) is 4.74 Å². The first-order valence-electron chi connectivity index (χ1n) is 6.86. The van der Waals surface area contributed by atoms with Gasteiger partial charge in [-0.25, -0.2) is 0 Å². The molecule has 2 atom stereocenters.